The highest BCUT2D eigenvalue weighted by atomic mass is 35.5. The number of benzene rings is 2. The topological polar surface area (TPSA) is 71.5 Å². The van der Waals surface area contributed by atoms with Crippen molar-refractivity contribution in [3.05, 3.63) is 59.1 Å². The summed E-state index contributed by atoms with van der Waals surface area (Å²) in [7, 11) is -5.53. The van der Waals surface area contributed by atoms with Crippen LogP contribution in [0.4, 0.5) is 0 Å². The van der Waals surface area contributed by atoms with Crippen LogP contribution in [0.5, 0.6) is 0 Å². The first-order chi connectivity index (χ1) is 11.0. The van der Waals surface area contributed by atoms with Crippen LogP contribution in [0, 0.1) is 0 Å². The molecule has 0 amide bonds. The molecule has 1 atom stereocenters. The number of sulfone groups is 1. The number of rotatable bonds is 5. The lowest BCUT2D eigenvalue weighted by atomic mass is 10.1. The van der Waals surface area contributed by atoms with Crippen molar-refractivity contribution in [3.63, 3.8) is 0 Å². The van der Waals surface area contributed by atoms with E-state index in [0.29, 0.717) is 10.6 Å². The summed E-state index contributed by atoms with van der Waals surface area (Å²) in [5, 5.41) is 0.342. The first-order valence-corrected chi connectivity index (χ1v) is 10.8. The Labute approximate surface area is 147 Å². The van der Waals surface area contributed by atoms with Crippen molar-refractivity contribution >= 4 is 31.5 Å². The van der Waals surface area contributed by atoms with Crippen molar-refractivity contribution in [2.45, 2.75) is 22.8 Å². The lowest BCUT2D eigenvalue weighted by Crippen LogP contribution is -2.29. The lowest BCUT2D eigenvalue weighted by molar-refractivity contribution is 0.398. The van der Waals surface area contributed by atoms with E-state index < -0.39 is 25.9 Å². The number of sulfonamides is 1. The largest absolute Gasteiger partial charge is 0.243 e. The minimum atomic E-state index is -3.72. The molecule has 24 heavy (non-hydrogen) atoms. The van der Waals surface area contributed by atoms with Gasteiger partial charge in [0, 0.05) is 24.4 Å². The van der Waals surface area contributed by atoms with Gasteiger partial charge in [-0.1, -0.05) is 29.8 Å². The summed E-state index contributed by atoms with van der Waals surface area (Å²) in [4.78, 5) is 0.302. The fourth-order valence-electron chi connectivity index (χ4n) is 2.21. The van der Waals surface area contributed by atoms with Gasteiger partial charge in [0.2, 0.25) is 10.0 Å². The molecule has 0 saturated heterocycles. The van der Waals surface area contributed by atoms with Gasteiger partial charge >= 0.3 is 0 Å². The number of hydrogen-bond donors (Lipinski definition) is 0. The Kier molecular flexibility index (Phi) is 5.39. The van der Waals surface area contributed by atoms with Gasteiger partial charge in [0.05, 0.1) is 9.79 Å². The monoisotopic (exact) mass is 387 g/mol. The molecule has 0 fully saturated rings. The molecule has 0 saturated carbocycles. The third-order valence-corrected chi connectivity index (χ3v) is 7.10. The fourth-order valence-corrected chi connectivity index (χ4v) is 4.49. The van der Waals surface area contributed by atoms with Crippen molar-refractivity contribution < 1.29 is 16.8 Å². The second-order valence-electron chi connectivity index (χ2n) is 5.50. The summed E-state index contributed by atoms with van der Waals surface area (Å²) >= 11 is 5.87. The molecular formula is C16H18ClNO4S2. The summed E-state index contributed by atoms with van der Waals surface area (Å²) in [5.41, 5.74) is 0.690. The van der Waals surface area contributed by atoms with Gasteiger partial charge in [-0.3, -0.25) is 0 Å². The van der Waals surface area contributed by atoms with E-state index in [1.165, 1.54) is 35.6 Å². The van der Waals surface area contributed by atoms with Crippen molar-refractivity contribution in [3.8, 4) is 0 Å². The molecule has 0 radical (unpaired) electrons. The van der Waals surface area contributed by atoms with Crippen LogP contribution in [0.15, 0.2) is 58.3 Å². The van der Waals surface area contributed by atoms with Gasteiger partial charge in [-0.15, -0.1) is 0 Å². The highest BCUT2D eigenvalue weighted by Gasteiger charge is 2.26. The van der Waals surface area contributed by atoms with Gasteiger partial charge in [0.25, 0.3) is 0 Å². The van der Waals surface area contributed by atoms with Crippen LogP contribution in [0.25, 0.3) is 0 Å². The third-order valence-electron chi connectivity index (χ3n) is 3.81. The van der Waals surface area contributed by atoms with Crippen molar-refractivity contribution in [1.29, 1.82) is 0 Å². The Hall–Kier alpha value is -1.41. The Bertz CT molecular complexity index is 938. The van der Waals surface area contributed by atoms with E-state index in [4.69, 9.17) is 11.6 Å². The molecule has 0 heterocycles. The zero-order valence-electron chi connectivity index (χ0n) is 13.5. The summed E-state index contributed by atoms with van der Waals surface area (Å²) < 4.78 is 49.6. The molecule has 5 nitrogen and oxygen atoms in total. The third kappa shape index (κ3) is 3.97. The van der Waals surface area contributed by atoms with Gasteiger partial charge in [0.15, 0.2) is 9.84 Å². The summed E-state index contributed by atoms with van der Waals surface area (Å²) in [6.07, 6.45) is 1.13. The standard InChI is InChI=1S/C16H18ClNO4S2/c1-12(13-7-9-15(10-8-13)23(3,19)20)18(2)24(21,22)16-6-4-5-14(17)11-16/h4-12H,1-3H3/t12-/m1/s1. The minimum absolute atomic E-state index is 0.108. The number of halogens is 1. The average Bonchev–Trinajstić information content (AvgIpc) is 2.52. The first kappa shape index (κ1) is 18.9. The minimum Gasteiger partial charge on any atom is -0.224 e. The second-order valence-corrected chi connectivity index (χ2v) is 9.95. The predicted molar refractivity (Wildman–Crippen MR) is 94.4 cm³/mol. The number of hydrogen-bond acceptors (Lipinski definition) is 4. The zero-order valence-corrected chi connectivity index (χ0v) is 15.9. The molecule has 0 aliphatic heterocycles. The highest BCUT2D eigenvalue weighted by Crippen LogP contribution is 2.27. The smallest absolute Gasteiger partial charge is 0.224 e. The van der Waals surface area contributed by atoms with Gasteiger partial charge in [-0.05, 0) is 42.8 Å². The SMILES string of the molecule is C[C@H](c1ccc(S(C)(=O)=O)cc1)N(C)S(=O)(=O)c1cccc(Cl)c1. The zero-order chi connectivity index (χ0) is 18.1. The molecular weight excluding hydrogens is 370 g/mol. The van der Waals surface area contributed by atoms with Crippen molar-refractivity contribution in [1.82, 2.24) is 4.31 Å². The Morgan fingerprint density at radius 2 is 1.54 bits per heavy atom. The van der Waals surface area contributed by atoms with E-state index in [9.17, 15) is 16.8 Å². The van der Waals surface area contributed by atoms with E-state index >= 15 is 0 Å². The Morgan fingerprint density at radius 3 is 2.04 bits per heavy atom. The molecule has 0 aromatic heterocycles. The lowest BCUT2D eigenvalue weighted by Gasteiger charge is -2.25. The summed E-state index contributed by atoms with van der Waals surface area (Å²) in [6, 6.07) is 11.8. The second kappa shape index (κ2) is 6.84. The molecule has 0 unspecified atom stereocenters. The average molecular weight is 388 g/mol. The van der Waals surface area contributed by atoms with Crippen LogP contribution >= 0.6 is 11.6 Å². The number of nitrogens with zero attached hydrogens (tertiary/aromatic N) is 1. The van der Waals surface area contributed by atoms with Crippen LogP contribution < -0.4 is 0 Å². The Balaban J connectivity index is 2.33. The molecule has 2 aromatic rings. The molecule has 0 bridgehead atoms. The molecule has 2 aromatic carbocycles. The predicted octanol–water partition coefficient (Wildman–Crippen LogP) is 3.13. The van der Waals surface area contributed by atoms with Gasteiger partial charge in [-0.25, -0.2) is 16.8 Å². The van der Waals surface area contributed by atoms with Crippen LogP contribution in [0.2, 0.25) is 5.02 Å². The fraction of sp³-hybridized carbons (Fsp3) is 0.250. The quantitative estimate of drug-likeness (QED) is 0.790. The molecule has 130 valence electrons. The van der Waals surface area contributed by atoms with Crippen LogP contribution in [0.3, 0.4) is 0 Å². The van der Waals surface area contributed by atoms with E-state index in [0.717, 1.165) is 6.26 Å². The van der Waals surface area contributed by atoms with Crippen LogP contribution in [-0.4, -0.2) is 34.4 Å². The molecule has 0 N–H and O–H groups in total. The van der Waals surface area contributed by atoms with E-state index in [1.807, 2.05) is 0 Å². The molecule has 2 rings (SSSR count). The van der Waals surface area contributed by atoms with Gasteiger partial charge in [0.1, 0.15) is 0 Å². The summed E-state index contributed by atoms with van der Waals surface area (Å²) in [5.74, 6) is 0. The highest BCUT2D eigenvalue weighted by molar-refractivity contribution is 7.90. The molecule has 8 heteroatoms. The van der Waals surface area contributed by atoms with Gasteiger partial charge in [-0.2, -0.15) is 4.31 Å². The van der Waals surface area contributed by atoms with E-state index in [-0.39, 0.29) is 9.79 Å². The maximum absolute atomic E-state index is 12.7. The van der Waals surface area contributed by atoms with Crippen molar-refractivity contribution in [2.75, 3.05) is 13.3 Å². The summed E-state index contributed by atoms with van der Waals surface area (Å²) in [6.45, 7) is 1.73. The Morgan fingerprint density at radius 1 is 0.958 bits per heavy atom. The molecule has 0 spiro atoms. The molecule has 0 aliphatic carbocycles. The normalized spacial score (nSPS) is 13.9. The van der Waals surface area contributed by atoms with E-state index in [2.05, 4.69) is 0 Å². The maximum atomic E-state index is 12.7. The van der Waals surface area contributed by atoms with Gasteiger partial charge < -0.3 is 0 Å². The first-order valence-electron chi connectivity index (χ1n) is 7.07. The maximum Gasteiger partial charge on any atom is 0.243 e. The van der Waals surface area contributed by atoms with Crippen LogP contribution in [0.1, 0.15) is 18.5 Å². The van der Waals surface area contributed by atoms with E-state index in [1.54, 1.807) is 31.2 Å². The molecule has 0 aliphatic rings. The van der Waals surface area contributed by atoms with Crippen molar-refractivity contribution in [2.24, 2.45) is 0 Å². The van der Waals surface area contributed by atoms with Crippen LogP contribution in [-0.2, 0) is 19.9 Å².